The molecule has 0 N–H and O–H groups in total. The number of pyridine rings is 1. The number of aromatic nitrogens is 3. The Bertz CT molecular complexity index is 754. The van der Waals surface area contributed by atoms with Crippen molar-refractivity contribution in [3.8, 4) is 5.88 Å². The van der Waals surface area contributed by atoms with Gasteiger partial charge in [-0.15, -0.1) is 0 Å². The van der Waals surface area contributed by atoms with Crippen LogP contribution in [0.1, 0.15) is 11.1 Å². The van der Waals surface area contributed by atoms with Gasteiger partial charge in [-0.1, -0.05) is 17.7 Å². The Morgan fingerprint density at radius 2 is 2.15 bits per heavy atom. The minimum absolute atomic E-state index is 0.0684. The number of carbonyl (C=O) groups is 1. The van der Waals surface area contributed by atoms with Crippen molar-refractivity contribution in [3.63, 3.8) is 0 Å². The number of anilines is 1. The summed E-state index contributed by atoms with van der Waals surface area (Å²) in [4.78, 5) is 26.5. The molecule has 0 saturated carbocycles. The number of halogens is 1. The van der Waals surface area contributed by atoms with Gasteiger partial charge in [0.1, 0.15) is 11.8 Å². The van der Waals surface area contributed by atoms with Crippen molar-refractivity contribution >= 4 is 23.5 Å². The second-order valence-corrected chi connectivity index (χ2v) is 5.96. The number of carbonyl (C=O) groups excluding carboxylic acids is 1. The first-order chi connectivity index (χ1) is 12.7. The van der Waals surface area contributed by atoms with Crippen molar-refractivity contribution in [2.24, 2.45) is 0 Å². The van der Waals surface area contributed by atoms with Crippen molar-refractivity contribution in [1.29, 1.82) is 0 Å². The summed E-state index contributed by atoms with van der Waals surface area (Å²) in [7, 11) is 1.31. The molecule has 0 unspecified atom stereocenters. The molecule has 0 bridgehead atoms. The minimum atomic E-state index is -0.444. The summed E-state index contributed by atoms with van der Waals surface area (Å²) in [6, 6.07) is 3.71. The van der Waals surface area contributed by atoms with Gasteiger partial charge in [0.15, 0.2) is 0 Å². The Kier molecular flexibility index (Phi) is 6.19. The van der Waals surface area contributed by atoms with E-state index in [9.17, 15) is 4.79 Å². The number of rotatable bonds is 6. The minimum Gasteiger partial charge on any atom is -0.472 e. The Morgan fingerprint density at radius 3 is 2.85 bits per heavy atom. The fourth-order valence-electron chi connectivity index (χ4n) is 2.45. The molecule has 0 spiro atoms. The quantitative estimate of drug-likeness (QED) is 0.554. The average Bonchev–Trinajstić information content (AvgIpc) is 2.69. The van der Waals surface area contributed by atoms with Crippen LogP contribution in [0.5, 0.6) is 5.88 Å². The molecule has 9 heteroatoms. The zero-order valence-corrected chi connectivity index (χ0v) is 15.1. The molecule has 2 aromatic heterocycles. The van der Waals surface area contributed by atoms with Gasteiger partial charge in [-0.2, -0.15) is 4.98 Å². The van der Waals surface area contributed by atoms with Gasteiger partial charge < -0.3 is 19.1 Å². The van der Waals surface area contributed by atoms with Crippen LogP contribution in [-0.2, 0) is 27.3 Å². The molecular weight excluding hydrogens is 360 g/mol. The number of hydrogen-bond acceptors (Lipinski definition) is 8. The third-order valence-corrected chi connectivity index (χ3v) is 4.16. The van der Waals surface area contributed by atoms with Gasteiger partial charge in [0.05, 0.1) is 32.3 Å². The Hall–Kier alpha value is -2.45. The number of nitrogens with zero attached hydrogens (tertiary/aromatic N) is 4. The number of ether oxygens (including phenoxy) is 3. The molecule has 8 nitrogen and oxygen atoms in total. The van der Waals surface area contributed by atoms with Gasteiger partial charge in [-0.25, -0.2) is 4.98 Å². The summed E-state index contributed by atoms with van der Waals surface area (Å²) in [6.45, 7) is 2.76. The molecule has 1 aliphatic rings. The Morgan fingerprint density at radius 1 is 1.35 bits per heavy atom. The van der Waals surface area contributed by atoms with Gasteiger partial charge >= 0.3 is 5.97 Å². The van der Waals surface area contributed by atoms with Crippen LogP contribution in [0.2, 0.25) is 5.15 Å². The molecule has 26 heavy (non-hydrogen) atoms. The van der Waals surface area contributed by atoms with Crippen LogP contribution in [0.15, 0.2) is 24.5 Å². The summed E-state index contributed by atoms with van der Waals surface area (Å²) in [6.07, 6.45) is 3.32. The molecule has 1 aliphatic heterocycles. The highest BCUT2D eigenvalue weighted by Gasteiger charge is 2.22. The monoisotopic (exact) mass is 378 g/mol. The zero-order chi connectivity index (χ0) is 18.4. The first-order valence-corrected chi connectivity index (χ1v) is 8.53. The van der Waals surface area contributed by atoms with Crippen LogP contribution in [0.4, 0.5) is 5.95 Å². The maximum absolute atomic E-state index is 11.7. The van der Waals surface area contributed by atoms with E-state index in [4.69, 9.17) is 25.8 Å². The van der Waals surface area contributed by atoms with Crippen molar-refractivity contribution < 1.29 is 19.0 Å². The lowest BCUT2D eigenvalue weighted by atomic mass is 10.2. The lowest BCUT2D eigenvalue weighted by Gasteiger charge is -2.27. The predicted octanol–water partition coefficient (Wildman–Crippen LogP) is 1.66. The standard InChI is InChI=1S/C17H19ClN4O4/c1-24-14(23)9-13-15(18)20-17(22-5-7-25-8-6-22)21-16(13)26-11-12-3-2-4-19-10-12/h2-4,10H,5-9,11H2,1H3. The number of morpholine rings is 1. The first-order valence-electron chi connectivity index (χ1n) is 8.15. The van der Waals surface area contributed by atoms with E-state index in [0.29, 0.717) is 37.8 Å². The molecule has 0 atom stereocenters. The van der Waals surface area contributed by atoms with Gasteiger partial charge in [-0.3, -0.25) is 9.78 Å². The largest absolute Gasteiger partial charge is 0.472 e. The molecule has 2 aromatic rings. The second-order valence-electron chi connectivity index (χ2n) is 5.60. The van der Waals surface area contributed by atoms with Crippen LogP contribution in [-0.4, -0.2) is 54.3 Å². The van der Waals surface area contributed by atoms with Gasteiger partial charge in [0.25, 0.3) is 0 Å². The third-order valence-electron chi connectivity index (χ3n) is 3.85. The fraction of sp³-hybridized carbons (Fsp3) is 0.412. The van der Waals surface area contributed by atoms with Gasteiger partial charge in [-0.05, 0) is 6.07 Å². The summed E-state index contributed by atoms with van der Waals surface area (Å²) in [5, 5.41) is 0.174. The number of methoxy groups -OCH3 is 1. The van der Waals surface area contributed by atoms with E-state index in [1.807, 2.05) is 17.0 Å². The smallest absolute Gasteiger partial charge is 0.310 e. The van der Waals surface area contributed by atoms with Crippen molar-refractivity contribution in [1.82, 2.24) is 15.0 Å². The molecule has 138 valence electrons. The highest BCUT2D eigenvalue weighted by atomic mass is 35.5. The molecule has 0 aliphatic carbocycles. The maximum atomic E-state index is 11.7. The Labute approximate surface area is 156 Å². The third kappa shape index (κ3) is 4.59. The molecule has 1 fully saturated rings. The summed E-state index contributed by atoms with van der Waals surface area (Å²) in [5.74, 6) is 0.273. The molecule has 3 rings (SSSR count). The van der Waals surface area contributed by atoms with Crippen LogP contribution < -0.4 is 9.64 Å². The van der Waals surface area contributed by atoms with Gasteiger partial charge in [0.2, 0.25) is 11.8 Å². The number of hydrogen-bond donors (Lipinski definition) is 0. The molecule has 3 heterocycles. The molecule has 0 aromatic carbocycles. The number of esters is 1. The molecule has 0 amide bonds. The van der Waals surface area contributed by atoms with E-state index in [1.165, 1.54) is 7.11 Å². The van der Waals surface area contributed by atoms with E-state index >= 15 is 0 Å². The van der Waals surface area contributed by atoms with Crippen molar-refractivity contribution in [2.45, 2.75) is 13.0 Å². The lowest BCUT2D eigenvalue weighted by molar-refractivity contribution is -0.139. The van der Waals surface area contributed by atoms with Crippen LogP contribution in [0, 0.1) is 0 Å². The first kappa shape index (κ1) is 18.3. The zero-order valence-electron chi connectivity index (χ0n) is 14.4. The lowest BCUT2D eigenvalue weighted by Crippen LogP contribution is -2.37. The van der Waals surface area contributed by atoms with E-state index in [0.717, 1.165) is 5.56 Å². The van der Waals surface area contributed by atoms with Crippen molar-refractivity contribution in [2.75, 3.05) is 38.3 Å². The van der Waals surface area contributed by atoms with Crippen LogP contribution in [0.25, 0.3) is 0 Å². The van der Waals surface area contributed by atoms with E-state index < -0.39 is 5.97 Å². The highest BCUT2D eigenvalue weighted by molar-refractivity contribution is 6.30. The van der Waals surface area contributed by atoms with E-state index in [1.54, 1.807) is 12.4 Å². The fourth-order valence-corrected chi connectivity index (χ4v) is 2.67. The summed E-state index contributed by atoms with van der Waals surface area (Å²) < 4.78 is 15.9. The van der Waals surface area contributed by atoms with Crippen molar-refractivity contribution in [3.05, 3.63) is 40.8 Å². The van der Waals surface area contributed by atoms with Crippen LogP contribution in [0.3, 0.4) is 0 Å². The average molecular weight is 379 g/mol. The molecule has 1 saturated heterocycles. The SMILES string of the molecule is COC(=O)Cc1c(Cl)nc(N2CCOCC2)nc1OCc1cccnc1. The normalized spacial score (nSPS) is 14.2. The predicted molar refractivity (Wildman–Crippen MR) is 94.4 cm³/mol. The Balaban J connectivity index is 1.87. The van der Waals surface area contributed by atoms with E-state index in [2.05, 4.69) is 15.0 Å². The molecular formula is C17H19ClN4O4. The second kappa shape index (κ2) is 8.77. The van der Waals surface area contributed by atoms with Crippen LogP contribution >= 0.6 is 11.6 Å². The molecule has 0 radical (unpaired) electrons. The summed E-state index contributed by atoms with van der Waals surface area (Å²) >= 11 is 6.33. The summed E-state index contributed by atoms with van der Waals surface area (Å²) in [5.41, 5.74) is 1.28. The highest BCUT2D eigenvalue weighted by Crippen LogP contribution is 2.28. The maximum Gasteiger partial charge on any atom is 0.310 e. The topological polar surface area (TPSA) is 86.7 Å². The van der Waals surface area contributed by atoms with Gasteiger partial charge in [0, 0.05) is 31.0 Å². The van der Waals surface area contributed by atoms with E-state index in [-0.39, 0.29) is 24.1 Å².